The second-order valence-corrected chi connectivity index (χ2v) is 3.89. The van der Waals surface area contributed by atoms with Gasteiger partial charge in [-0.25, -0.2) is 4.98 Å². The van der Waals surface area contributed by atoms with Crippen LogP contribution in [0.25, 0.3) is 0 Å². The van der Waals surface area contributed by atoms with Crippen molar-refractivity contribution in [3.63, 3.8) is 0 Å². The number of hydrogen-bond donors (Lipinski definition) is 2. The van der Waals surface area contributed by atoms with Crippen LogP contribution in [-0.4, -0.2) is 42.4 Å². The number of hydrogen-bond acceptors (Lipinski definition) is 4. The van der Waals surface area contributed by atoms with Crippen molar-refractivity contribution in [1.29, 1.82) is 0 Å². The van der Waals surface area contributed by atoms with E-state index in [9.17, 15) is 4.79 Å². The summed E-state index contributed by atoms with van der Waals surface area (Å²) in [7, 11) is 1.54. The monoisotopic (exact) mass is 258 g/mol. The van der Waals surface area contributed by atoms with Crippen LogP contribution in [0, 0.1) is 0 Å². The van der Waals surface area contributed by atoms with E-state index in [1.165, 1.54) is 6.20 Å². The van der Waals surface area contributed by atoms with Gasteiger partial charge in [-0.2, -0.15) is 0 Å². The Morgan fingerprint density at radius 3 is 2.94 bits per heavy atom. The minimum Gasteiger partial charge on any atom is -0.396 e. The lowest BCUT2D eigenvalue weighted by molar-refractivity contribution is 0.0878. The molecule has 0 aliphatic carbocycles. The van der Waals surface area contributed by atoms with Gasteiger partial charge in [0.25, 0.3) is 5.91 Å². The molecule has 0 saturated heterocycles. The fraction of sp³-hybridized carbons (Fsp3) is 0.455. The number of methoxy groups -OCH3 is 1. The number of carbonyl (C=O) groups is 1. The maximum absolute atomic E-state index is 11.8. The molecule has 2 N–H and O–H groups in total. The molecule has 17 heavy (non-hydrogen) atoms. The normalized spacial score (nSPS) is 12.2. The van der Waals surface area contributed by atoms with Gasteiger partial charge in [-0.1, -0.05) is 11.6 Å². The molecule has 0 aliphatic rings. The highest BCUT2D eigenvalue weighted by Crippen LogP contribution is 2.05. The predicted molar refractivity (Wildman–Crippen MR) is 64.1 cm³/mol. The molecular formula is C11H15ClN2O3. The molecular weight excluding hydrogens is 244 g/mol. The summed E-state index contributed by atoms with van der Waals surface area (Å²) >= 11 is 5.63. The van der Waals surface area contributed by atoms with Crippen molar-refractivity contribution in [3.05, 3.63) is 29.0 Å². The van der Waals surface area contributed by atoms with Crippen molar-refractivity contribution in [2.24, 2.45) is 0 Å². The average Bonchev–Trinajstić information content (AvgIpc) is 2.30. The van der Waals surface area contributed by atoms with Gasteiger partial charge in [0.2, 0.25) is 0 Å². The van der Waals surface area contributed by atoms with E-state index in [4.69, 9.17) is 21.4 Å². The first-order valence-corrected chi connectivity index (χ1v) is 5.57. The number of nitrogens with one attached hydrogen (secondary N) is 1. The van der Waals surface area contributed by atoms with Crippen LogP contribution in [0.4, 0.5) is 0 Å². The van der Waals surface area contributed by atoms with Crippen molar-refractivity contribution in [1.82, 2.24) is 10.3 Å². The van der Waals surface area contributed by atoms with Crippen molar-refractivity contribution < 1.29 is 14.6 Å². The van der Waals surface area contributed by atoms with Gasteiger partial charge in [0.05, 0.1) is 18.2 Å². The molecule has 1 unspecified atom stereocenters. The van der Waals surface area contributed by atoms with Gasteiger partial charge >= 0.3 is 0 Å². The highest BCUT2D eigenvalue weighted by molar-refractivity contribution is 6.29. The Morgan fingerprint density at radius 2 is 2.41 bits per heavy atom. The molecule has 94 valence electrons. The molecule has 1 atom stereocenters. The van der Waals surface area contributed by atoms with E-state index < -0.39 is 0 Å². The molecule has 0 aromatic carbocycles. The summed E-state index contributed by atoms with van der Waals surface area (Å²) < 4.78 is 4.95. The van der Waals surface area contributed by atoms with Crippen LogP contribution in [0.15, 0.2) is 18.3 Å². The SMILES string of the molecule is COCC(CCO)NC(=O)c1ccc(Cl)nc1. The summed E-state index contributed by atoms with van der Waals surface area (Å²) in [6.07, 6.45) is 1.85. The van der Waals surface area contributed by atoms with E-state index in [1.807, 2.05) is 0 Å². The lowest BCUT2D eigenvalue weighted by atomic mass is 10.2. The predicted octanol–water partition coefficient (Wildman–Crippen LogP) is 0.862. The minimum absolute atomic E-state index is 0.00677. The lowest BCUT2D eigenvalue weighted by Crippen LogP contribution is -2.38. The van der Waals surface area contributed by atoms with E-state index in [1.54, 1.807) is 19.2 Å². The number of rotatable bonds is 6. The number of amides is 1. The topological polar surface area (TPSA) is 71.5 Å². The molecule has 1 aromatic heterocycles. The zero-order valence-corrected chi connectivity index (χ0v) is 10.3. The fourth-order valence-electron chi connectivity index (χ4n) is 1.33. The Labute approximate surface area is 105 Å². The van der Waals surface area contributed by atoms with E-state index in [2.05, 4.69) is 10.3 Å². The zero-order chi connectivity index (χ0) is 12.7. The number of pyridine rings is 1. The molecule has 1 rings (SSSR count). The molecule has 6 heteroatoms. The Kier molecular flexibility index (Phi) is 5.90. The number of nitrogens with zero attached hydrogens (tertiary/aromatic N) is 1. The van der Waals surface area contributed by atoms with Gasteiger partial charge in [-0.3, -0.25) is 4.79 Å². The van der Waals surface area contributed by atoms with E-state index in [0.29, 0.717) is 23.7 Å². The second-order valence-electron chi connectivity index (χ2n) is 3.51. The molecule has 0 aliphatic heterocycles. The first kappa shape index (κ1) is 13.9. The summed E-state index contributed by atoms with van der Waals surface area (Å²) in [6, 6.07) is 2.93. The average molecular weight is 259 g/mol. The van der Waals surface area contributed by atoms with Gasteiger partial charge in [0.1, 0.15) is 5.15 Å². The molecule has 1 aromatic rings. The van der Waals surface area contributed by atoms with Crippen LogP contribution in [0.5, 0.6) is 0 Å². The molecule has 0 radical (unpaired) electrons. The number of halogens is 1. The molecule has 1 heterocycles. The smallest absolute Gasteiger partial charge is 0.253 e. The molecule has 0 spiro atoms. The first-order valence-electron chi connectivity index (χ1n) is 5.19. The third kappa shape index (κ3) is 4.68. The standard InChI is InChI=1S/C11H15ClN2O3/c1-17-7-9(4-5-15)14-11(16)8-2-3-10(12)13-6-8/h2-3,6,9,15H,4-5,7H2,1H3,(H,14,16). The molecule has 0 fully saturated rings. The van der Waals surface area contributed by atoms with Gasteiger partial charge in [-0.15, -0.1) is 0 Å². The van der Waals surface area contributed by atoms with Crippen LogP contribution in [0.1, 0.15) is 16.8 Å². The van der Waals surface area contributed by atoms with Gasteiger partial charge in [0, 0.05) is 19.9 Å². The highest BCUT2D eigenvalue weighted by Gasteiger charge is 2.13. The van der Waals surface area contributed by atoms with E-state index in [0.717, 1.165) is 0 Å². The van der Waals surface area contributed by atoms with Crippen LogP contribution in [0.3, 0.4) is 0 Å². The van der Waals surface area contributed by atoms with Crippen molar-refractivity contribution in [2.75, 3.05) is 20.3 Å². The van der Waals surface area contributed by atoms with Crippen LogP contribution in [0.2, 0.25) is 5.15 Å². The minimum atomic E-state index is -0.260. The maximum Gasteiger partial charge on any atom is 0.253 e. The molecule has 1 amide bonds. The number of ether oxygens (including phenoxy) is 1. The number of aliphatic hydroxyl groups excluding tert-OH is 1. The summed E-state index contributed by atoms with van der Waals surface area (Å²) in [5.74, 6) is -0.260. The quantitative estimate of drug-likeness (QED) is 0.743. The summed E-state index contributed by atoms with van der Waals surface area (Å²) in [5, 5.41) is 11.9. The lowest BCUT2D eigenvalue weighted by Gasteiger charge is -2.16. The van der Waals surface area contributed by atoms with E-state index >= 15 is 0 Å². The second kappa shape index (κ2) is 7.21. The highest BCUT2D eigenvalue weighted by atomic mass is 35.5. The summed E-state index contributed by atoms with van der Waals surface area (Å²) in [4.78, 5) is 15.6. The third-order valence-electron chi connectivity index (χ3n) is 2.17. The number of aromatic nitrogens is 1. The van der Waals surface area contributed by atoms with Crippen molar-refractivity contribution >= 4 is 17.5 Å². The zero-order valence-electron chi connectivity index (χ0n) is 9.52. The van der Waals surface area contributed by atoms with Gasteiger partial charge < -0.3 is 15.2 Å². The van der Waals surface area contributed by atoms with Gasteiger partial charge in [0.15, 0.2) is 0 Å². The van der Waals surface area contributed by atoms with Crippen molar-refractivity contribution in [3.8, 4) is 0 Å². The Bertz CT molecular complexity index is 350. The first-order chi connectivity index (χ1) is 8.17. The summed E-state index contributed by atoms with van der Waals surface area (Å²) in [5.41, 5.74) is 0.424. The molecule has 5 nitrogen and oxygen atoms in total. The van der Waals surface area contributed by atoms with Crippen molar-refractivity contribution in [2.45, 2.75) is 12.5 Å². The number of carbonyl (C=O) groups excluding carboxylic acids is 1. The van der Waals surface area contributed by atoms with Crippen LogP contribution >= 0.6 is 11.6 Å². The molecule has 0 bridgehead atoms. The van der Waals surface area contributed by atoms with Crippen LogP contribution < -0.4 is 5.32 Å². The maximum atomic E-state index is 11.8. The Hall–Kier alpha value is -1.17. The Balaban J connectivity index is 2.60. The third-order valence-corrected chi connectivity index (χ3v) is 2.39. The van der Waals surface area contributed by atoms with Crippen LogP contribution in [-0.2, 0) is 4.74 Å². The molecule has 0 saturated carbocycles. The van der Waals surface area contributed by atoms with E-state index in [-0.39, 0.29) is 18.6 Å². The largest absolute Gasteiger partial charge is 0.396 e. The van der Waals surface area contributed by atoms with Gasteiger partial charge in [-0.05, 0) is 18.6 Å². The number of aliphatic hydroxyl groups is 1. The Morgan fingerprint density at radius 1 is 1.65 bits per heavy atom. The fourth-order valence-corrected chi connectivity index (χ4v) is 1.44. The summed E-state index contributed by atoms with van der Waals surface area (Å²) in [6.45, 7) is 0.348.